The number of nitrogens with zero attached hydrogens (tertiary/aromatic N) is 1. The molecule has 1 aliphatic rings. The maximum Gasteiger partial charge on any atom is 0.344 e. The van der Waals surface area contributed by atoms with Gasteiger partial charge in [-0.15, -0.1) is 0 Å². The van der Waals surface area contributed by atoms with Gasteiger partial charge < -0.3 is 20.1 Å². The summed E-state index contributed by atoms with van der Waals surface area (Å²) >= 11 is 1.12. The van der Waals surface area contributed by atoms with E-state index in [2.05, 4.69) is 4.99 Å². The van der Waals surface area contributed by atoms with Crippen molar-refractivity contribution in [3.05, 3.63) is 70.3 Å². The zero-order chi connectivity index (χ0) is 19.4. The van der Waals surface area contributed by atoms with Gasteiger partial charge in [-0.1, -0.05) is 36.0 Å². The molecule has 2 aromatic carbocycles. The summed E-state index contributed by atoms with van der Waals surface area (Å²) in [6.07, 6.45) is 1.59. The summed E-state index contributed by atoms with van der Waals surface area (Å²) in [6.45, 7) is 1.85. The minimum Gasteiger partial charge on any atom is -0.506 e. The van der Waals surface area contributed by atoms with Crippen LogP contribution in [0.4, 0.5) is 5.69 Å². The van der Waals surface area contributed by atoms with Crippen LogP contribution in [0.1, 0.15) is 12.5 Å². The number of hydrogen-bond donors (Lipinski definition) is 3. The van der Waals surface area contributed by atoms with Gasteiger partial charge >= 0.3 is 5.97 Å². The Morgan fingerprint density at radius 3 is 2.52 bits per heavy atom. The Hall–Kier alpha value is -3.19. The summed E-state index contributed by atoms with van der Waals surface area (Å²) in [5, 5.41) is 30.0. The number of carbonyl (C=O) groups excluding carboxylic acids is 1. The Morgan fingerprint density at radius 2 is 1.85 bits per heavy atom. The largest absolute Gasteiger partial charge is 0.506 e. The van der Waals surface area contributed by atoms with Crippen LogP contribution in [0.5, 0.6) is 11.5 Å². The topological polar surface area (TPSA) is 99.4 Å². The average Bonchev–Trinajstić information content (AvgIpc) is 2.94. The Morgan fingerprint density at radius 1 is 1.11 bits per heavy atom. The quantitative estimate of drug-likeness (QED) is 0.538. The van der Waals surface area contributed by atoms with Crippen LogP contribution in [0.25, 0.3) is 6.08 Å². The number of esters is 1. The van der Waals surface area contributed by atoms with Crippen LogP contribution in [0.3, 0.4) is 0 Å². The fourth-order valence-electron chi connectivity index (χ4n) is 2.39. The summed E-state index contributed by atoms with van der Waals surface area (Å²) in [6, 6.07) is 13.3. The van der Waals surface area contributed by atoms with E-state index >= 15 is 0 Å². The highest BCUT2D eigenvalue weighted by molar-refractivity contribution is 8.18. The first-order valence-electron chi connectivity index (χ1n) is 8.16. The van der Waals surface area contributed by atoms with Gasteiger partial charge in [0, 0.05) is 0 Å². The Labute approximate surface area is 160 Å². The fourth-order valence-corrected chi connectivity index (χ4v) is 3.43. The maximum atomic E-state index is 12.3. The molecule has 0 radical (unpaired) electrons. The van der Waals surface area contributed by atoms with Crippen molar-refractivity contribution in [1.82, 2.24) is 0 Å². The van der Waals surface area contributed by atoms with Gasteiger partial charge in [-0.25, -0.2) is 9.79 Å². The van der Waals surface area contributed by atoms with Gasteiger partial charge in [0.05, 0.1) is 17.2 Å². The number of phenolic OH excluding ortho intramolecular Hbond substituents is 2. The molecule has 0 aromatic heterocycles. The standard InChI is InChI=1S/C20H17NO5S/c1-2-26-20(25)17-18(24)16(11-12-8-9-14(22)15(23)10-12)27-19(17)21-13-6-4-3-5-7-13/h3-11,22-24H,2H2,1H3/b16-11+,21-19?. The first-order valence-corrected chi connectivity index (χ1v) is 8.97. The zero-order valence-electron chi connectivity index (χ0n) is 14.4. The number of ether oxygens (including phenoxy) is 1. The second-order valence-corrected chi connectivity index (χ2v) is 6.59. The smallest absolute Gasteiger partial charge is 0.344 e. The predicted octanol–water partition coefficient (Wildman–Crippen LogP) is 4.29. The van der Waals surface area contributed by atoms with E-state index in [9.17, 15) is 20.1 Å². The molecule has 138 valence electrons. The molecule has 0 amide bonds. The number of rotatable bonds is 4. The zero-order valence-corrected chi connectivity index (χ0v) is 15.2. The summed E-state index contributed by atoms with van der Waals surface area (Å²) in [7, 11) is 0. The van der Waals surface area contributed by atoms with Crippen LogP contribution >= 0.6 is 11.8 Å². The second kappa shape index (κ2) is 8.01. The lowest BCUT2D eigenvalue weighted by atomic mass is 10.1. The molecule has 3 N–H and O–H groups in total. The van der Waals surface area contributed by atoms with Gasteiger partial charge in [0.2, 0.25) is 0 Å². The van der Waals surface area contributed by atoms with Crippen LogP contribution in [-0.2, 0) is 9.53 Å². The number of thioether (sulfide) groups is 1. The third-order valence-corrected chi connectivity index (χ3v) is 4.67. The molecule has 6 nitrogen and oxygen atoms in total. The van der Waals surface area contributed by atoms with Crippen LogP contribution in [-0.4, -0.2) is 32.9 Å². The average molecular weight is 383 g/mol. The molecule has 0 bridgehead atoms. The number of phenols is 2. The lowest BCUT2D eigenvalue weighted by Gasteiger charge is -2.03. The molecular weight excluding hydrogens is 366 g/mol. The van der Waals surface area contributed by atoms with E-state index in [0.29, 0.717) is 21.2 Å². The number of benzene rings is 2. The third kappa shape index (κ3) is 4.15. The van der Waals surface area contributed by atoms with Crippen LogP contribution in [0.2, 0.25) is 0 Å². The van der Waals surface area contributed by atoms with E-state index in [4.69, 9.17) is 4.74 Å². The van der Waals surface area contributed by atoms with E-state index in [1.807, 2.05) is 18.2 Å². The van der Waals surface area contributed by atoms with Crippen molar-refractivity contribution in [3.63, 3.8) is 0 Å². The summed E-state index contributed by atoms with van der Waals surface area (Å²) < 4.78 is 5.05. The molecule has 0 spiro atoms. The number of aromatic hydroxyl groups is 2. The Kier molecular flexibility index (Phi) is 5.52. The van der Waals surface area contributed by atoms with E-state index in [-0.39, 0.29) is 29.4 Å². The number of carbonyl (C=O) groups is 1. The lowest BCUT2D eigenvalue weighted by molar-refractivity contribution is -0.138. The first kappa shape index (κ1) is 18.6. The number of aliphatic hydroxyl groups is 1. The minimum atomic E-state index is -0.658. The molecular formula is C20H17NO5S. The molecule has 0 saturated heterocycles. The molecule has 0 atom stereocenters. The fraction of sp³-hybridized carbons (Fsp3) is 0.100. The molecule has 3 rings (SSSR count). The third-order valence-electron chi connectivity index (χ3n) is 3.65. The molecule has 27 heavy (non-hydrogen) atoms. The van der Waals surface area contributed by atoms with Gasteiger partial charge in [-0.05, 0) is 42.8 Å². The number of para-hydroxylation sites is 1. The molecule has 0 aliphatic carbocycles. The van der Waals surface area contributed by atoms with Gasteiger partial charge in [0.15, 0.2) is 11.5 Å². The van der Waals surface area contributed by atoms with E-state index in [1.165, 1.54) is 12.1 Å². The van der Waals surface area contributed by atoms with E-state index in [0.717, 1.165) is 11.8 Å². The van der Waals surface area contributed by atoms with Gasteiger partial charge in [-0.2, -0.15) is 0 Å². The van der Waals surface area contributed by atoms with Crippen molar-refractivity contribution in [2.45, 2.75) is 6.92 Å². The Balaban J connectivity index is 2.04. The summed E-state index contributed by atoms with van der Waals surface area (Å²) in [5.41, 5.74) is 1.18. The first-order chi connectivity index (χ1) is 13.0. The van der Waals surface area contributed by atoms with Crippen molar-refractivity contribution in [2.75, 3.05) is 6.61 Å². The highest BCUT2D eigenvalue weighted by Gasteiger charge is 2.33. The van der Waals surface area contributed by atoms with Crippen LogP contribution in [0.15, 0.2) is 69.8 Å². The van der Waals surface area contributed by atoms with Crippen molar-refractivity contribution >= 4 is 34.5 Å². The number of aliphatic hydroxyl groups excluding tert-OH is 1. The molecule has 1 heterocycles. The van der Waals surface area contributed by atoms with Crippen LogP contribution in [0, 0.1) is 0 Å². The number of aliphatic imine (C=N–C) groups is 1. The molecule has 0 fully saturated rings. The van der Waals surface area contributed by atoms with Gasteiger partial charge in [0.1, 0.15) is 16.4 Å². The Bertz CT molecular complexity index is 964. The van der Waals surface area contributed by atoms with Gasteiger partial charge in [-0.3, -0.25) is 0 Å². The monoisotopic (exact) mass is 383 g/mol. The normalized spacial score (nSPS) is 16.9. The lowest BCUT2D eigenvalue weighted by Crippen LogP contribution is -2.12. The predicted molar refractivity (Wildman–Crippen MR) is 105 cm³/mol. The van der Waals surface area contributed by atoms with Gasteiger partial charge in [0.25, 0.3) is 0 Å². The van der Waals surface area contributed by atoms with E-state index in [1.54, 1.807) is 31.2 Å². The highest BCUT2D eigenvalue weighted by atomic mass is 32.2. The SMILES string of the molecule is CCOC(=O)C1=C(O)/C(=C\c2ccc(O)c(O)c2)SC1=Nc1ccccc1. The second-order valence-electron chi connectivity index (χ2n) is 5.56. The van der Waals surface area contributed by atoms with Crippen LogP contribution < -0.4 is 0 Å². The van der Waals surface area contributed by atoms with Crippen molar-refractivity contribution < 1.29 is 24.9 Å². The summed E-state index contributed by atoms with van der Waals surface area (Å²) in [4.78, 5) is 17.2. The molecule has 0 saturated carbocycles. The maximum absolute atomic E-state index is 12.3. The molecule has 0 unspecified atom stereocenters. The van der Waals surface area contributed by atoms with E-state index < -0.39 is 5.97 Å². The van der Waals surface area contributed by atoms with Crippen molar-refractivity contribution in [2.24, 2.45) is 4.99 Å². The summed E-state index contributed by atoms with van der Waals surface area (Å²) in [5.74, 6) is -1.41. The molecule has 1 aliphatic heterocycles. The van der Waals surface area contributed by atoms with Crippen molar-refractivity contribution in [3.8, 4) is 11.5 Å². The molecule has 7 heteroatoms. The highest BCUT2D eigenvalue weighted by Crippen LogP contribution is 2.40. The van der Waals surface area contributed by atoms with Crippen molar-refractivity contribution in [1.29, 1.82) is 0 Å². The minimum absolute atomic E-state index is 0.0000432. The number of hydrogen-bond acceptors (Lipinski definition) is 7. The molecule has 2 aromatic rings.